The van der Waals surface area contributed by atoms with Crippen molar-refractivity contribution < 1.29 is 0 Å². The summed E-state index contributed by atoms with van der Waals surface area (Å²) in [6.07, 6.45) is 1.82. The lowest BCUT2D eigenvalue weighted by Gasteiger charge is -2.15. The lowest BCUT2D eigenvalue weighted by molar-refractivity contribution is 0.566. The lowest BCUT2D eigenvalue weighted by atomic mass is 10.1. The van der Waals surface area contributed by atoms with Gasteiger partial charge in [0.15, 0.2) is 0 Å². The number of hydrogen-bond donors (Lipinski definition) is 1. The summed E-state index contributed by atoms with van der Waals surface area (Å²) in [5.74, 6) is 0. The van der Waals surface area contributed by atoms with E-state index < -0.39 is 0 Å². The summed E-state index contributed by atoms with van der Waals surface area (Å²) in [4.78, 5) is 4.40. The van der Waals surface area contributed by atoms with Crippen LogP contribution in [0.15, 0.2) is 45.5 Å². The molecule has 1 N–H and O–H groups in total. The molecule has 0 aliphatic rings. The van der Waals surface area contributed by atoms with Gasteiger partial charge >= 0.3 is 0 Å². The van der Waals surface area contributed by atoms with Gasteiger partial charge in [-0.1, -0.05) is 29.8 Å². The zero-order chi connectivity index (χ0) is 13.8. The third-order valence-electron chi connectivity index (χ3n) is 3.04. The molecule has 0 unspecified atom stereocenters. The van der Waals surface area contributed by atoms with E-state index in [1.54, 1.807) is 0 Å². The van der Waals surface area contributed by atoms with Gasteiger partial charge in [-0.05, 0) is 57.3 Å². The molecule has 2 nitrogen and oxygen atoms in total. The predicted octanol–water partition coefficient (Wildman–Crippen LogP) is 4.77. The molecule has 0 saturated heterocycles. The molecule has 0 saturated carbocycles. The molecule has 4 heteroatoms. The number of pyridine rings is 1. The van der Waals surface area contributed by atoms with Crippen molar-refractivity contribution in [1.82, 2.24) is 10.3 Å². The van der Waals surface area contributed by atoms with Gasteiger partial charge in [-0.3, -0.25) is 4.98 Å². The van der Waals surface area contributed by atoms with Crippen LogP contribution in [0.3, 0.4) is 0 Å². The van der Waals surface area contributed by atoms with E-state index in [2.05, 4.69) is 80.3 Å². The van der Waals surface area contributed by atoms with Crippen LogP contribution in [-0.2, 0) is 6.54 Å². The number of benzene rings is 1. The first-order valence-corrected chi connectivity index (χ1v) is 7.74. The molecule has 0 aliphatic carbocycles. The molecule has 0 amide bonds. The second-order valence-corrected chi connectivity index (χ2v) is 6.37. The number of halogens is 2. The Labute approximate surface area is 130 Å². The fraction of sp³-hybridized carbons (Fsp3) is 0.267. The van der Waals surface area contributed by atoms with E-state index in [0.717, 1.165) is 21.2 Å². The molecular formula is C15H16Br2N2. The van der Waals surface area contributed by atoms with Crippen LogP contribution in [0.5, 0.6) is 0 Å². The molecule has 0 bridgehead atoms. The van der Waals surface area contributed by atoms with Crippen molar-refractivity contribution >= 4 is 31.9 Å². The van der Waals surface area contributed by atoms with Gasteiger partial charge < -0.3 is 5.32 Å². The van der Waals surface area contributed by atoms with Crippen LogP contribution in [0.25, 0.3) is 0 Å². The Morgan fingerprint density at radius 1 is 1.21 bits per heavy atom. The molecule has 1 heterocycles. The first-order valence-electron chi connectivity index (χ1n) is 6.16. The molecule has 1 aromatic carbocycles. The van der Waals surface area contributed by atoms with Crippen LogP contribution in [0.1, 0.15) is 29.8 Å². The van der Waals surface area contributed by atoms with Gasteiger partial charge in [-0.25, -0.2) is 0 Å². The maximum absolute atomic E-state index is 4.40. The highest BCUT2D eigenvalue weighted by molar-refractivity contribution is 9.11. The normalized spacial score (nSPS) is 12.4. The summed E-state index contributed by atoms with van der Waals surface area (Å²) in [5.41, 5.74) is 3.59. The van der Waals surface area contributed by atoms with Crippen molar-refractivity contribution in [3.63, 3.8) is 0 Å². The van der Waals surface area contributed by atoms with Crippen molar-refractivity contribution in [2.45, 2.75) is 26.4 Å². The number of aryl methyl sites for hydroxylation is 1. The summed E-state index contributed by atoms with van der Waals surface area (Å²) < 4.78 is 2.00. The molecule has 19 heavy (non-hydrogen) atoms. The fourth-order valence-electron chi connectivity index (χ4n) is 1.80. The van der Waals surface area contributed by atoms with E-state index in [9.17, 15) is 0 Å². The van der Waals surface area contributed by atoms with Gasteiger partial charge in [0.25, 0.3) is 0 Å². The van der Waals surface area contributed by atoms with Gasteiger partial charge in [-0.2, -0.15) is 0 Å². The number of aromatic nitrogens is 1. The highest BCUT2D eigenvalue weighted by atomic mass is 79.9. The summed E-state index contributed by atoms with van der Waals surface area (Å²) in [6, 6.07) is 10.9. The Morgan fingerprint density at radius 3 is 2.53 bits per heavy atom. The average molecular weight is 384 g/mol. The topological polar surface area (TPSA) is 24.9 Å². The van der Waals surface area contributed by atoms with Crippen molar-refractivity contribution in [2.24, 2.45) is 0 Å². The van der Waals surface area contributed by atoms with Crippen molar-refractivity contribution in [2.75, 3.05) is 0 Å². The lowest BCUT2D eigenvalue weighted by Crippen LogP contribution is -2.19. The van der Waals surface area contributed by atoms with E-state index in [4.69, 9.17) is 0 Å². The molecule has 1 atom stereocenters. The Kier molecular flexibility index (Phi) is 5.13. The minimum absolute atomic E-state index is 0.304. The number of nitrogens with one attached hydrogen (secondary N) is 1. The van der Waals surface area contributed by atoms with Crippen LogP contribution in [0, 0.1) is 6.92 Å². The summed E-state index contributed by atoms with van der Waals surface area (Å²) in [7, 11) is 0. The molecule has 0 radical (unpaired) electrons. The van der Waals surface area contributed by atoms with Crippen molar-refractivity contribution in [1.29, 1.82) is 0 Å². The van der Waals surface area contributed by atoms with Crippen LogP contribution in [-0.4, -0.2) is 4.98 Å². The number of nitrogens with zero attached hydrogens (tertiary/aromatic N) is 1. The zero-order valence-electron chi connectivity index (χ0n) is 11.0. The molecular weight excluding hydrogens is 368 g/mol. The van der Waals surface area contributed by atoms with Gasteiger partial charge in [0, 0.05) is 27.7 Å². The van der Waals surface area contributed by atoms with E-state index in [1.165, 1.54) is 11.1 Å². The van der Waals surface area contributed by atoms with E-state index >= 15 is 0 Å². The van der Waals surface area contributed by atoms with Crippen LogP contribution in [0.2, 0.25) is 0 Å². The highest BCUT2D eigenvalue weighted by Crippen LogP contribution is 2.20. The quantitative estimate of drug-likeness (QED) is 0.822. The fourth-order valence-corrected chi connectivity index (χ4v) is 2.92. The molecule has 0 spiro atoms. The molecule has 2 aromatic rings. The number of rotatable bonds is 4. The highest BCUT2D eigenvalue weighted by Gasteiger charge is 2.07. The number of hydrogen-bond acceptors (Lipinski definition) is 2. The smallest absolute Gasteiger partial charge is 0.0684 e. The zero-order valence-corrected chi connectivity index (χ0v) is 14.1. The van der Waals surface area contributed by atoms with Crippen LogP contribution >= 0.6 is 31.9 Å². The molecule has 0 aliphatic heterocycles. The Hall–Kier alpha value is -0.710. The SMILES string of the molecule is Cc1ccc([C@@H](C)NCc2ncc(Br)cc2Br)cc1. The molecule has 0 fully saturated rings. The van der Waals surface area contributed by atoms with Gasteiger partial charge in [0.05, 0.1) is 5.69 Å². The predicted molar refractivity (Wildman–Crippen MR) is 86.1 cm³/mol. The minimum Gasteiger partial charge on any atom is -0.305 e. The summed E-state index contributed by atoms with van der Waals surface area (Å²) in [5, 5.41) is 3.49. The Morgan fingerprint density at radius 2 is 1.89 bits per heavy atom. The van der Waals surface area contributed by atoms with E-state index in [1.807, 2.05) is 12.3 Å². The average Bonchev–Trinajstić information content (AvgIpc) is 2.38. The summed E-state index contributed by atoms with van der Waals surface area (Å²) >= 11 is 6.94. The first kappa shape index (κ1) is 14.7. The van der Waals surface area contributed by atoms with Gasteiger partial charge in [-0.15, -0.1) is 0 Å². The van der Waals surface area contributed by atoms with Crippen molar-refractivity contribution in [3.05, 3.63) is 62.3 Å². The first-order chi connectivity index (χ1) is 9.06. The van der Waals surface area contributed by atoms with Gasteiger partial charge in [0.2, 0.25) is 0 Å². The minimum atomic E-state index is 0.304. The van der Waals surface area contributed by atoms with Crippen LogP contribution in [0.4, 0.5) is 0 Å². The Balaban J connectivity index is 2.00. The van der Waals surface area contributed by atoms with Crippen LogP contribution < -0.4 is 5.32 Å². The van der Waals surface area contributed by atoms with E-state index in [-0.39, 0.29) is 0 Å². The maximum Gasteiger partial charge on any atom is 0.0684 e. The second-order valence-electron chi connectivity index (χ2n) is 4.60. The molecule has 2 rings (SSSR count). The van der Waals surface area contributed by atoms with Gasteiger partial charge in [0.1, 0.15) is 0 Å². The van der Waals surface area contributed by atoms with Crippen molar-refractivity contribution in [3.8, 4) is 0 Å². The standard InChI is InChI=1S/C15H16Br2N2/c1-10-3-5-12(6-4-10)11(2)18-9-15-14(17)7-13(16)8-19-15/h3-8,11,18H,9H2,1-2H3/t11-/m1/s1. The Bertz CT molecular complexity index is 553. The monoisotopic (exact) mass is 382 g/mol. The van der Waals surface area contributed by atoms with E-state index in [0.29, 0.717) is 6.04 Å². The largest absolute Gasteiger partial charge is 0.305 e. The third-order valence-corrected chi connectivity index (χ3v) is 4.16. The summed E-state index contributed by atoms with van der Waals surface area (Å²) in [6.45, 7) is 5.01. The molecule has 100 valence electrons. The maximum atomic E-state index is 4.40. The molecule has 1 aromatic heterocycles. The third kappa shape index (κ3) is 4.13. The second kappa shape index (κ2) is 6.64.